The fourth-order valence-corrected chi connectivity index (χ4v) is 3.84. The highest BCUT2D eigenvalue weighted by molar-refractivity contribution is 5.77. The summed E-state index contributed by atoms with van der Waals surface area (Å²) in [4.78, 5) is 19.2. The predicted octanol–water partition coefficient (Wildman–Crippen LogP) is 2.39. The van der Waals surface area contributed by atoms with E-state index in [2.05, 4.69) is 39.4 Å². The first-order valence-electron chi connectivity index (χ1n) is 9.13. The van der Waals surface area contributed by atoms with Crippen LogP contribution in [-0.4, -0.2) is 45.7 Å². The van der Waals surface area contributed by atoms with Crippen LogP contribution in [0.25, 0.3) is 0 Å². The Kier molecular flexibility index (Phi) is 4.53. The molecule has 1 aliphatic carbocycles. The number of rotatable bonds is 4. The molecule has 1 saturated heterocycles. The number of aryl methyl sites for hydroxylation is 2. The Morgan fingerprint density at radius 1 is 1.40 bits per heavy atom. The lowest BCUT2D eigenvalue weighted by Crippen LogP contribution is -2.42. The number of nitrogens with zero attached hydrogens (tertiary/aromatic N) is 3. The summed E-state index contributed by atoms with van der Waals surface area (Å²) in [7, 11) is 0. The third-order valence-electron chi connectivity index (χ3n) is 5.27. The summed E-state index contributed by atoms with van der Waals surface area (Å²) in [6, 6.07) is 8.50. The molecule has 6 heteroatoms. The number of aromatic amines is 1. The van der Waals surface area contributed by atoms with Crippen LogP contribution in [-0.2, 0) is 22.4 Å². The average Bonchev–Trinajstić information content (AvgIpc) is 3.29. The Balaban J connectivity index is 1.40. The highest BCUT2D eigenvalue weighted by Gasteiger charge is 2.31. The highest BCUT2D eigenvalue weighted by atomic mass is 16.5. The van der Waals surface area contributed by atoms with Crippen LogP contribution in [0, 0.1) is 0 Å². The highest BCUT2D eigenvalue weighted by Crippen LogP contribution is 2.36. The minimum atomic E-state index is -0.231. The van der Waals surface area contributed by atoms with Gasteiger partial charge in [-0.15, -0.1) is 0 Å². The van der Waals surface area contributed by atoms with E-state index in [1.54, 1.807) is 0 Å². The Morgan fingerprint density at radius 3 is 3.12 bits per heavy atom. The summed E-state index contributed by atoms with van der Waals surface area (Å²) < 4.78 is 5.79. The van der Waals surface area contributed by atoms with Gasteiger partial charge in [0.1, 0.15) is 11.9 Å². The molecule has 0 bridgehead atoms. The minimum absolute atomic E-state index is 0.209. The van der Waals surface area contributed by atoms with Crippen LogP contribution in [0.1, 0.15) is 54.6 Å². The lowest BCUT2D eigenvalue weighted by atomic mass is 9.97. The Hall–Kier alpha value is -2.21. The van der Waals surface area contributed by atoms with Crippen molar-refractivity contribution in [3.8, 4) is 0 Å². The second-order valence-electron chi connectivity index (χ2n) is 6.83. The molecule has 0 spiro atoms. The van der Waals surface area contributed by atoms with Crippen molar-refractivity contribution in [2.75, 3.05) is 19.7 Å². The van der Waals surface area contributed by atoms with E-state index in [1.807, 2.05) is 11.8 Å². The van der Waals surface area contributed by atoms with Gasteiger partial charge >= 0.3 is 0 Å². The molecule has 1 fully saturated rings. The number of H-pyrrole nitrogens is 1. The summed E-state index contributed by atoms with van der Waals surface area (Å²) >= 11 is 0. The Bertz CT molecular complexity index is 757. The van der Waals surface area contributed by atoms with E-state index in [0.29, 0.717) is 37.9 Å². The van der Waals surface area contributed by atoms with Crippen molar-refractivity contribution in [2.45, 2.75) is 44.6 Å². The van der Waals surface area contributed by atoms with Crippen molar-refractivity contribution in [1.82, 2.24) is 20.1 Å². The Labute approximate surface area is 147 Å². The summed E-state index contributed by atoms with van der Waals surface area (Å²) in [6.45, 7) is 3.75. The van der Waals surface area contributed by atoms with Crippen LogP contribution in [0.2, 0.25) is 0 Å². The molecule has 25 heavy (non-hydrogen) atoms. The van der Waals surface area contributed by atoms with Gasteiger partial charge in [-0.1, -0.05) is 31.2 Å². The number of carbonyl (C=O) groups excluding carboxylic acids is 1. The third-order valence-corrected chi connectivity index (χ3v) is 5.27. The van der Waals surface area contributed by atoms with Gasteiger partial charge in [-0.25, -0.2) is 4.98 Å². The van der Waals surface area contributed by atoms with Gasteiger partial charge in [-0.3, -0.25) is 9.89 Å². The molecule has 0 saturated carbocycles. The summed E-state index contributed by atoms with van der Waals surface area (Å²) in [5.41, 5.74) is 2.75. The lowest BCUT2D eigenvalue weighted by Gasteiger charge is -2.32. The van der Waals surface area contributed by atoms with Crippen molar-refractivity contribution in [1.29, 1.82) is 0 Å². The fourth-order valence-electron chi connectivity index (χ4n) is 3.84. The number of amides is 1. The van der Waals surface area contributed by atoms with Crippen LogP contribution >= 0.6 is 0 Å². The smallest absolute Gasteiger partial charge is 0.223 e. The summed E-state index contributed by atoms with van der Waals surface area (Å²) in [5.74, 6) is 2.06. The molecule has 1 aromatic heterocycles. The predicted molar refractivity (Wildman–Crippen MR) is 93.2 cm³/mol. The molecule has 2 atom stereocenters. The van der Waals surface area contributed by atoms with Gasteiger partial charge in [0, 0.05) is 19.4 Å². The van der Waals surface area contributed by atoms with E-state index in [1.165, 1.54) is 11.1 Å². The first-order valence-corrected chi connectivity index (χ1v) is 9.13. The number of aromatic nitrogens is 3. The lowest BCUT2D eigenvalue weighted by molar-refractivity contribution is -0.139. The zero-order valence-corrected chi connectivity index (χ0v) is 14.6. The van der Waals surface area contributed by atoms with Gasteiger partial charge in [-0.05, 0) is 29.9 Å². The topological polar surface area (TPSA) is 71.1 Å². The maximum atomic E-state index is 12.8. The van der Waals surface area contributed by atoms with Crippen LogP contribution < -0.4 is 0 Å². The van der Waals surface area contributed by atoms with E-state index in [9.17, 15) is 4.79 Å². The van der Waals surface area contributed by atoms with E-state index in [-0.39, 0.29) is 12.0 Å². The summed E-state index contributed by atoms with van der Waals surface area (Å²) in [6.07, 6.45) is 3.31. The number of hydrogen-bond donors (Lipinski definition) is 1. The molecular formula is C19H24N4O2. The van der Waals surface area contributed by atoms with Crippen LogP contribution in [0.3, 0.4) is 0 Å². The molecule has 2 aliphatic rings. The second kappa shape index (κ2) is 6.96. The summed E-state index contributed by atoms with van der Waals surface area (Å²) in [5, 5.41) is 7.16. The Morgan fingerprint density at radius 2 is 2.28 bits per heavy atom. The van der Waals surface area contributed by atoms with Crippen molar-refractivity contribution in [2.24, 2.45) is 0 Å². The van der Waals surface area contributed by atoms with Gasteiger partial charge in [0.05, 0.1) is 13.2 Å². The average molecular weight is 340 g/mol. The standard InChI is InChI=1S/C19H24N4O2/c1-2-17-20-19(22-21-17)16-12-23(9-10-25-16)18(24)11-14-8-7-13-5-3-4-6-15(13)14/h3-6,14,16H,2,7-12H2,1H3,(H,20,21,22). The van der Waals surface area contributed by atoms with Crippen molar-refractivity contribution < 1.29 is 9.53 Å². The largest absolute Gasteiger partial charge is 0.366 e. The molecule has 2 aromatic rings. The molecular weight excluding hydrogens is 316 g/mol. The van der Waals surface area contributed by atoms with Gasteiger partial charge < -0.3 is 9.64 Å². The normalized spacial score (nSPS) is 22.8. The first kappa shape index (κ1) is 16.3. The second-order valence-corrected chi connectivity index (χ2v) is 6.83. The molecule has 6 nitrogen and oxygen atoms in total. The zero-order chi connectivity index (χ0) is 17.2. The van der Waals surface area contributed by atoms with Crippen molar-refractivity contribution >= 4 is 5.91 Å². The van der Waals surface area contributed by atoms with Crippen LogP contribution in [0.4, 0.5) is 0 Å². The van der Waals surface area contributed by atoms with Crippen molar-refractivity contribution in [3.05, 3.63) is 47.0 Å². The van der Waals surface area contributed by atoms with Crippen molar-refractivity contribution in [3.63, 3.8) is 0 Å². The number of carbonyl (C=O) groups is 1. The van der Waals surface area contributed by atoms with Gasteiger partial charge in [0.15, 0.2) is 5.82 Å². The zero-order valence-electron chi connectivity index (χ0n) is 14.6. The van der Waals surface area contributed by atoms with Crippen LogP contribution in [0.15, 0.2) is 24.3 Å². The third kappa shape index (κ3) is 3.31. The fraction of sp³-hybridized carbons (Fsp3) is 0.526. The SMILES string of the molecule is CCc1nc(C2CN(C(=O)CC3CCc4ccccc43)CCO2)n[nH]1. The molecule has 1 aromatic carbocycles. The van der Waals surface area contributed by atoms with E-state index >= 15 is 0 Å². The number of morpholine rings is 1. The molecule has 0 radical (unpaired) electrons. The van der Waals surface area contributed by atoms with E-state index < -0.39 is 0 Å². The molecule has 1 N–H and O–H groups in total. The van der Waals surface area contributed by atoms with Gasteiger partial charge in [0.25, 0.3) is 0 Å². The van der Waals surface area contributed by atoms with Crippen LogP contribution in [0.5, 0.6) is 0 Å². The number of nitrogens with one attached hydrogen (secondary N) is 1. The van der Waals surface area contributed by atoms with Gasteiger partial charge in [-0.2, -0.15) is 5.10 Å². The monoisotopic (exact) mass is 340 g/mol. The molecule has 1 aliphatic heterocycles. The van der Waals surface area contributed by atoms with E-state index in [0.717, 1.165) is 25.1 Å². The molecule has 2 unspecified atom stereocenters. The minimum Gasteiger partial charge on any atom is -0.366 e. The van der Waals surface area contributed by atoms with E-state index in [4.69, 9.17) is 4.74 Å². The molecule has 132 valence electrons. The quantitative estimate of drug-likeness (QED) is 0.928. The number of ether oxygens (including phenoxy) is 1. The molecule has 4 rings (SSSR count). The molecule has 2 heterocycles. The first-order chi connectivity index (χ1) is 12.2. The molecule has 1 amide bonds. The maximum absolute atomic E-state index is 12.8. The number of fused-ring (bicyclic) bond motifs is 1. The maximum Gasteiger partial charge on any atom is 0.223 e. The number of benzene rings is 1. The van der Waals surface area contributed by atoms with Gasteiger partial charge in [0.2, 0.25) is 5.91 Å². The number of hydrogen-bond acceptors (Lipinski definition) is 4.